The second kappa shape index (κ2) is 4.83. The number of nitrogens with two attached hydrogens (primary N) is 1. The van der Waals surface area contributed by atoms with Crippen LogP contribution in [0.15, 0.2) is 34.5 Å². The summed E-state index contributed by atoms with van der Waals surface area (Å²) in [5.74, 6) is 0. The van der Waals surface area contributed by atoms with E-state index in [2.05, 4.69) is 25.9 Å². The standard InChI is InChI=1S/C10H10BrN3S/c11-7-2-4-15-10(7)5-8(12)9-1-3-13-6-14-9/h1-4,6,8H,5,12H2. The van der Waals surface area contributed by atoms with Gasteiger partial charge in [-0.2, -0.15) is 0 Å². The largest absolute Gasteiger partial charge is 0.322 e. The molecule has 3 nitrogen and oxygen atoms in total. The molecule has 2 N–H and O–H groups in total. The van der Waals surface area contributed by atoms with Gasteiger partial charge in [0, 0.05) is 22.0 Å². The Bertz CT molecular complexity index is 429. The van der Waals surface area contributed by atoms with Gasteiger partial charge in [-0.05, 0) is 33.4 Å². The first-order valence-corrected chi connectivity index (χ1v) is 6.18. The summed E-state index contributed by atoms with van der Waals surface area (Å²) in [6, 6.07) is 3.82. The number of hydrogen-bond acceptors (Lipinski definition) is 4. The summed E-state index contributed by atoms with van der Waals surface area (Å²) in [7, 11) is 0. The highest BCUT2D eigenvalue weighted by Crippen LogP contribution is 2.26. The molecule has 0 fully saturated rings. The maximum Gasteiger partial charge on any atom is 0.115 e. The van der Waals surface area contributed by atoms with Crippen molar-refractivity contribution in [2.45, 2.75) is 12.5 Å². The lowest BCUT2D eigenvalue weighted by molar-refractivity contribution is 0.698. The van der Waals surface area contributed by atoms with Crippen molar-refractivity contribution < 1.29 is 0 Å². The van der Waals surface area contributed by atoms with Gasteiger partial charge in [0.2, 0.25) is 0 Å². The Labute approximate surface area is 101 Å². The predicted molar refractivity (Wildman–Crippen MR) is 64.7 cm³/mol. The quantitative estimate of drug-likeness (QED) is 0.942. The van der Waals surface area contributed by atoms with Crippen molar-refractivity contribution in [3.8, 4) is 0 Å². The van der Waals surface area contributed by atoms with Crippen LogP contribution in [-0.2, 0) is 6.42 Å². The Morgan fingerprint density at radius 2 is 2.33 bits per heavy atom. The monoisotopic (exact) mass is 283 g/mol. The lowest BCUT2D eigenvalue weighted by Crippen LogP contribution is -2.14. The smallest absolute Gasteiger partial charge is 0.115 e. The van der Waals surface area contributed by atoms with Crippen LogP contribution in [0.2, 0.25) is 0 Å². The average molecular weight is 284 g/mol. The minimum absolute atomic E-state index is 0.0667. The van der Waals surface area contributed by atoms with E-state index in [4.69, 9.17) is 5.73 Å². The number of nitrogens with zero attached hydrogens (tertiary/aromatic N) is 2. The number of thiophene rings is 1. The van der Waals surface area contributed by atoms with Gasteiger partial charge < -0.3 is 5.73 Å². The molecule has 0 aliphatic heterocycles. The third-order valence-electron chi connectivity index (χ3n) is 2.08. The number of hydrogen-bond donors (Lipinski definition) is 1. The van der Waals surface area contributed by atoms with E-state index >= 15 is 0 Å². The number of rotatable bonds is 3. The van der Waals surface area contributed by atoms with Crippen molar-refractivity contribution in [1.82, 2.24) is 9.97 Å². The number of halogens is 1. The fourth-order valence-electron chi connectivity index (χ4n) is 1.30. The van der Waals surface area contributed by atoms with Gasteiger partial charge >= 0.3 is 0 Å². The van der Waals surface area contributed by atoms with E-state index in [0.717, 1.165) is 16.6 Å². The third-order valence-corrected chi connectivity index (χ3v) is 4.03. The van der Waals surface area contributed by atoms with Crippen molar-refractivity contribution in [3.63, 3.8) is 0 Å². The van der Waals surface area contributed by atoms with Crippen LogP contribution in [0.3, 0.4) is 0 Å². The molecule has 2 aromatic rings. The molecule has 0 aromatic carbocycles. The molecule has 1 unspecified atom stereocenters. The van der Waals surface area contributed by atoms with Gasteiger partial charge in [-0.1, -0.05) is 0 Å². The van der Waals surface area contributed by atoms with E-state index in [9.17, 15) is 0 Å². The zero-order valence-corrected chi connectivity index (χ0v) is 10.3. The Morgan fingerprint density at radius 1 is 1.47 bits per heavy atom. The van der Waals surface area contributed by atoms with Crippen molar-refractivity contribution in [2.24, 2.45) is 5.73 Å². The molecule has 0 bridgehead atoms. The fourth-order valence-corrected chi connectivity index (χ4v) is 2.87. The van der Waals surface area contributed by atoms with Gasteiger partial charge in [-0.3, -0.25) is 0 Å². The van der Waals surface area contributed by atoms with Crippen LogP contribution in [0.4, 0.5) is 0 Å². The molecule has 5 heteroatoms. The minimum atomic E-state index is -0.0667. The van der Waals surface area contributed by atoms with E-state index in [1.807, 2.05) is 17.5 Å². The van der Waals surface area contributed by atoms with E-state index in [0.29, 0.717) is 0 Å². The summed E-state index contributed by atoms with van der Waals surface area (Å²) in [4.78, 5) is 9.26. The van der Waals surface area contributed by atoms with Gasteiger partial charge in [-0.25, -0.2) is 9.97 Å². The van der Waals surface area contributed by atoms with Crippen LogP contribution in [0.25, 0.3) is 0 Å². The zero-order chi connectivity index (χ0) is 10.7. The average Bonchev–Trinajstić information content (AvgIpc) is 2.66. The zero-order valence-electron chi connectivity index (χ0n) is 7.93. The molecule has 0 saturated carbocycles. The summed E-state index contributed by atoms with van der Waals surface area (Å²) in [5, 5.41) is 2.05. The van der Waals surface area contributed by atoms with E-state index in [-0.39, 0.29) is 6.04 Å². The molecule has 0 radical (unpaired) electrons. The Morgan fingerprint density at radius 3 is 2.93 bits per heavy atom. The number of aromatic nitrogens is 2. The molecular weight excluding hydrogens is 274 g/mol. The SMILES string of the molecule is NC(Cc1sccc1Br)c1ccncn1. The van der Waals surface area contributed by atoms with Gasteiger partial charge in [0.25, 0.3) is 0 Å². The predicted octanol–water partition coefficient (Wildman–Crippen LogP) is 2.54. The van der Waals surface area contributed by atoms with Gasteiger partial charge in [0.1, 0.15) is 6.33 Å². The molecule has 15 heavy (non-hydrogen) atoms. The van der Waals surface area contributed by atoms with Crippen molar-refractivity contribution in [1.29, 1.82) is 0 Å². The summed E-state index contributed by atoms with van der Waals surface area (Å²) in [6.07, 6.45) is 4.04. The lowest BCUT2D eigenvalue weighted by atomic mass is 10.1. The highest BCUT2D eigenvalue weighted by Gasteiger charge is 2.11. The maximum atomic E-state index is 6.05. The van der Waals surface area contributed by atoms with E-state index < -0.39 is 0 Å². The van der Waals surface area contributed by atoms with Crippen LogP contribution in [0, 0.1) is 0 Å². The molecule has 2 aromatic heterocycles. The third kappa shape index (κ3) is 2.62. The molecule has 0 aliphatic carbocycles. The Balaban J connectivity index is 2.11. The summed E-state index contributed by atoms with van der Waals surface area (Å²) in [5.41, 5.74) is 6.93. The van der Waals surface area contributed by atoms with Gasteiger partial charge in [0.05, 0.1) is 11.7 Å². The Hall–Kier alpha value is -0.780. The molecule has 2 heterocycles. The second-order valence-electron chi connectivity index (χ2n) is 3.14. The van der Waals surface area contributed by atoms with E-state index in [1.54, 1.807) is 17.5 Å². The molecule has 78 valence electrons. The van der Waals surface area contributed by atoms with Gasteiger partial charge in [-0.15, -0.1) is 11.3 Å². The van der Waals surface area contributed by atoms with Crippen LogP contribution < -0.4 is 5.73 Å². The first-order valence-electron chi connectivity index (χ1n) is 4.50. The minimum Gasteiger partial charge on any atom is -0.322 e. The van der Waals surface area contributed by atoms with Crippen LogP contribution >= 0.6 is 27.3 Å². The molecule has 0 saturated heterocycles. The van der Waals surface area contributed by atoms with Crippen molar-refractivity contribution >= 4 is 27.3 Å². The Kier molecular flexibility index (Phi) is 3.45. The molecule has 0 aliphatic rings. The first kappa shape index (κ1) is 10.7. The normalized spacial score (nSPS) is 12.7. The topological polar surface area (TPSA) is 51.8 Å². The first-order chi connectivity index (χ1) is 7.27. The molecule has 0 spiro atoms. The molecular formula is C10H10BrN3S. The molecule has 1 atom stereocenters. The van der Waals surface area contributed by atoms with Crippen molar-refractivity contribution in [2.75, 3.05) is 0 Å². The van der Waals surface area contributed by atoms with Crippen LogP contribution in [0.1, 0.15) is 16.6 Å². The highest BCUT2D eigenvalue weighted by atomic mass is 79.9. The maximum absolute atomic E-state index is 6.05. The summed E-state index contributed by atoms with van der Waals surface area (Å²) >= 11 is 5.19. The molecule has 0 amide bonds. The highest BCUT2D eigenvalue weighted by molar-refractivity contribution is 9.10. The van der Waals surface area contributed by atoms with Crippen LogP contribution in [-0.4, -0.2) is 9.97 Å². The molecule has 2 rings (SSSR count). The lowest BCUT2D eigenvalue weighted by Gasteiger charge is -2.09. The van der Waals surface area contributed by atoms with Crippen LogP contribution in [0.5, 0.6) is 0 Å². The summed E-state index contributed by atoms with van der Waals surface area (Å²) in [6.45, 7) is 0. The summed E-state index contributed by atoms with van der Waals surface area (Å²) < 4.78 is 1.12. The van der Waals surface area contributed by atoms with E-state index in [1.165, 1.54) is 11.2 Å². The van der Waals surface area contributed by atoms with Gasteiger partial charge in [0.15, 0.2) is 0 Å². The fraction of sp³-hybridized carbons (Fsp3) is 0.200. The van der Waals surface area contributed by atoms with Crippen molar-refractivity contribution in [3.05, 3.63) is 45.1 Å². The second-order valence-corrected chi connectivity index (χ2v) is 4.99.